The van der Waals surface area contributed by atoms with E-state index in [0.717, 1.165) is 32.6 Å². The van der Waals surface area contributed by atoms with E-state index >= 15 is 0 Å². The molecule has 0 aromatic heterocycles. The van der Waals surface area contributed by atoms with Crippen LogP contribution in [0.4, 0.5) is 18.9 Å². The summed E-state index contributed by atoms with van der Waals surface area (Å²) in [5.74, 6) is 0. The molecule has 1 fully saturated rings. The van der Waals surface area contributed by atoms with E-state index in [2.05, 4.69) is 4.90 Å². The first-order valence-electron chi connectivity index (χ1n) is 6.48. The van der Waals surface area contributed by atoms with Gasteiger partial charge in [-0.15, -0.1) is 0 Å². The number of aryl methyl sites for hydroxylation is 1. The zero-order chi connectivity index (χ0) is 14.0. The fraction of sp³-hybridized carbons (Fsp3) is 0.571. The van der Waals surface area contributed by atoms with Gasteiger partial charge in [0.1, 0.15) is 0 Å². The Morgan fingerprint density at radius 3 is 2.42 bits per heavy atom. The maximum absolute atomic E-state index is 12.8. The van der Waals surface area contributed by atoms with Crippen LogP contribution >= 0.6 is 0 Å². The largest absolute Gasteiger partial charge is 0.416 e. The summed E-state index contributed by atoms with van der Waals surface area (Å²) >= 11 is 0. The maximum Gasteiger partial charge on any atom is 0.416 e. The van der Waals surface area contributed by atoms with Crippen molar-refractivity contribution < 1.29 is 13.2 Å². The van der Waals surface area contributed by atoms with Gasteiger partial charge in [0.05, 0.1) is 5.56 Å². The van der Waals surface area contributed by atoms with Crippen LogP contribution in [0.3, 0.4) is 0 Å². The molecule has 106 valence electrons. The van der Waals surface area contributed by atoms with Gasteiger partial charge in [-0.3, -0.25) is 0 Å². The highest BCUT2D eigenvalue weighted by atomic mass is 19.4. The van der Waals surface area contributed by atoms with Crippen molar-refractivity contribution in [2.45, 2.75) is 19.5 Å². The molecule has 19 heavy (non-hydrogen) atoms. The molecule has 2 rings (SSSR count). The van der Waals surface area contributed by atoms with Crippen molar-refractivity contribution in [2.24, 2.45) is 0 Å². The first kappa shape index (κ1) is 14.2. The first-order valence-corrected chi connectivity index (χ1v) is 6.48. The zero-order valence-corrected chi connectivity index (χ0v) is 11.3. The summed E-state index contributed by atoms with van der Waals surface area (Å²) in [5.41, 5.74) is 0.783. The lowest BCUT2D eigenvalue weighted by Crippen LogP contribution is -2.29. The predicted octanol–water partition coefficient (Wildman–Crippen LogP) is 3.16. The molecule has 0 spiro atoms. The topological polar surface area (TPSA) is 6.48 Å². The van der Waals surface area contributed by atoms with E-state index in [0.29, 0.717) is 11.3 Å². The van der Waals surface area contributed by atoms with Gasteiger partial charge < -0.3 is 9.80 Å². The number of alkyl halides is 3. The Labute approximate surface area is 111 Å². The minimum absolute atomic E-state index is 0.555. The first-order chi connectivity index (χ1) is 8.86. The van der Waals surface area contributed by atoms with Gasteiger partial charge in [0.2, 0.25) is 0 Å². The van der Waals surface area contributed by atoms with Crippen LogP contribution < -0.4 is 4.90 Å². The standard InChI is InChI=1S/C14H19F3N2/c1-11-8-12(14(15,16)17)10-13(9-11)19-5-3-4-18(2)6-7-19/h8-10H,3-7H2,1-2H3. The van der Waals surface area contributed by atoms with Crippen LogP contribution in [0.25, 0.3) is 0 Å². The molecule has 0 unspecified atom stereocenters. The minimum atomic E-state index is -4.27. The summed E-state index contributed by atoms with van der Waals surface area (Å²) in [6.45, 7) is 5.18. The molecule has 0 saturated carbocycles. The van der Waals surface area contributed by atoms with Crippen molar-refractivity contribution in [3.63, 3.8) is 0 Å². The van der Waals surface area contributed by atoms with E-state index in [1.807, 2.05) is 18.0 Å². The quantitative estimate of drug-likeness (QED) is 0.775. The van der Waals surface area contributed by atoms with Gasteiger partial charge in [0.25, 0.3) is 0 Å². The van der Waals surface area contributed by atoms with Gasteiger partial charge in [-0.1, -0.05) is 0 Å². The average molecular weight is 272 g/mol. The Morgan fingerprint density at radius 1 is 1.00 bits per heavy atom. The second kappa shape index (κ2) is 5.41. The van der Waals surface area contributed by atoms with E-state index < -0.39 is 11.7 Å². The van der Waals surface area contributed by atoms with Crippen LogP contribution in [-0.4, -0.2) is 38.1 Å². The van der Waals surface area contributed by atoms with Crippen molar-refractivity contribution in [1.29, 1.82) is 0 Å². The van der Waals surface area contributed by atoms with E-state index in [1.165, 1.54) is 12.1 Å². The lowest BCUT2D eigenvalue weighted by atomic mass is 10.1. The van der Waals surface area contributed by atoms with Crippen molar-refractivity contribution >= 4 is 5.69 Å². The molecule has 0 radical (unpaired) electrons. The SMILES string of the molecule is Cc1cc(N2CCCN(C)CC2)cc(C(F)(F)F)c1. The lowest BCUT2D eigenvalue weighted by molar-refractivity contribution is -0.137. The Morgan fingerprint density at radius 2 is 1.74 bits per heavy atom. The van der Waals surface area contributed by atoms with E-state index in [1.54, 1.807) is 6.92 Å². The van der Waals surface area contributed by atoms with Crippen molar-refractivity contribution in [2.75, 3.05) is 38.1 Å². The molecule has 5 heteroatoms. The van der Waals surface area contributed by atoms with E-state index in [9.17, 15) is 13.2 Å². The number of hydrogen-bond acceptors (Lipinski definition) is 2. The summed E-state index contributed by atoms with van der Waals surface area (Å²) in [7, 11) is 2.04. The number of benzene rings is 1. The van der Waals surface area contributed by atoms with Gasteiger partial charge in [0.15, 0.2) is 0 Å². The average Bonchev–Trinajstić information content (AvgIpc) is 2.52. The third-order valence-electron chi connectivity index (χ3n) is 3.47. The molecule has 0 bridgehead atoms. The number of nitrogens with zero attached hydrogens (tertiary/aromatic N) is 2. The monoisotopic (exact) mass is 272 g/mol. The number of anilines is 1. The van der Waals surface area contributed by atoms with Gasteiger partial charge in [-0.25, -0.2) is 0 Å². The second-order valence-electron chi connectivity index (χ2n) is 5.20. The van der Waals surface area contributed by atoms with E-state index in [-0.39, 0.29) is 0 Å². The zero-order valence-electron chi connectivity index (χ0n) is 11.3. The van der Waals surface area contributed by atoms with E-state index in [4.69, 9.17) is 0 Å². The number of likely N-dealkylation sites (N-methyl/N-ethyl adjacent to an activating group) is 1. The molecule has 1 saturated heterocycles. The summed E-state index contributed by atoms with van der Waals surface area (Å²) in [6.07, 6.45) is -3.30. The molecule has 0 aliphatic carbocycles. The highest BCUT2D eigenvalue weighted by Crippen LogP contribution is 2.33. The molecule has 2 nitrogen and oxygen atoms in total. The number of rotatable bonds is 1. The van der Waals surface area contributed by atoms with Crippen molar-refractivity contribution in [3.8, 4) is 0 Å². The van der Waals surface area contributed by atoms with Gasteiger partial charge >= 0.3 is 6.18 Å². The normalized spacial score (nSPS) is 18.5. The number of halogens is 3. The maximum atomic E-state index is 12.8. The molecule has 0 atom stereocenters. The summed E-state index contributed by atoms with van der Waals surface area (Å²) < 4.78 is 38.5. The number of hydrogen-bond donors (Lipinski definition) is 0. The Hall–Kier alpha value is -1.23. The molecule has 0 amide bonds. The summed E-state index contributed by atoms with van der Waals surface area (Å²) in [5, 5.41) is 0. The van der Waals surface area contributed by atoms with Gasteiger partial charge in [0, 0.05) is 25.3 Å². The van der Waals surface area contributed by atoms with Gasteiger partial charge in [-0.05, 0) is 50.7 Å². The summed E-state index contributed by atoms with van der Waals surface area (Å²) in [6, 6.07) is 4.30. The van der Waals surface area contributed by atoms with Crippen LogP contribution in [0.1, 0.15) is 17.5 Å². The fourth-order valence-electron chi connectivity index (χ4n) is 2.41. The van der Waals surface area contributed by atoms with Crippen LogP contribution in [0.2, 0.25) is 0 Å². The third kappa shape index (κ3) is 3.62. The minimum Gasteiger partial charge on any atom is -0.370 e. The Balaban J connectivity index is 2.26. The smallest absolute Gasteiger partial charge is 0.370 e. The molecular formula is C14H19F3N2. The molecule has 1 aromatic carbocycles. The lowest BCUT2D eigenvalue weighted by Gasteiger charge is -2.24. The second-order valence-corrected chi connectivity index (χ2v) is 5.20. The molecule has 1 heterocycles. The van der Waals surface area contributed by atoms with Crippen LogP contribution in [0.5, 0.6) is 0 Å². The molecule has 1 aromatic rings. The van der Waals surface area contributed by atoms with Crippen LogP contribution in [0, 0.1) is 6.92 Å². The fourth-order valence-corrected chi connectivity index (χ4v) is 2.41. The van der Waals surface area contributed by atoms with Crippen molar-refractivity contribution in [1.82, 2.24) is 4.90 Å². The van der Waals surface area contributed by atoms with Gasteiger partial charge in [-0.2, -0.15) is 13.2 Å². The molecule has 1 aliphatic heterocycles. The highest BCUT2D eigenvalue weighted by Gasteiger charge is 2.31. The molecule has 0 N–H and O–H groups in total. The molecule has 1 aliphatic rings. The Kier molecular flexibility index (Phi) is 4.04. The Bertz CT molecular complexity index is 443. The predicted molar refractivity (Wildman–Crippen MR) is 70.5 cm³/mol. The third-order valence-corrected chi connectivity index (χ3v) is 3.47. The van der Waals surface area contributed by atoms with Crippen LogP contribution in [0.15, 0.2) is 18.2 Å². The summed E-state index contributed by atoms with van der Waals surface area (Å²) in [4.78, 5) is 4.26. The molecular weight excluding hydrogens is 253 g/mol. The highest BCUT2D eigenvalue weighted by molar-refractivity contribution is 5.52. The van der Waals surface area contributed by atoms with Crippen LogP contribution in [-0.2, 0) is 6.18 Å². The van der Waals surface area contributed by atoms with Crippen molar-refractivity contribution in [3.05, 3.63) is 29.3 Å².